The van der Waals surface area contributed by atoms with Gasteiger partial charge in [0.1, 0.15) is 30.2 Å². The summed E-state index contributed by atoms with van der Waals surface area (Å²) in [5.41, 5.74) is 11.2. The van der Waals surface area contributed by atoms with Crippen molar-refractivity contribution in [3.05, 3.63) is 0 Å². The van der Waals surface area contributed by atoms with Gasteiger partial charge in [-0.15, -0.1) is 0 Å². The summed E-state index contributed by atoms with van der Waals surface area (Å²) in [4.78, 5) is 97.1. The Labute approximate surface area is 379 Å². The first kappa shape index (κ1) is 63.8. The van der Waals surface area contributed by atoms with Crippen LogP contribution in [0.2, 0.25) is 0 Å². The van der Waals surface area contributed by atoms with E-state index >= 15 is 0 Å². The number of nitrogens with one attached hydrogen (secondary N) is 4. The van der Waals surface area contributed by atoms with E-state index in [4.69, 9.17) is 31.3 Å². The summed E-state index contributed by atoms with van der Waals surface area (Å²) < 4.78 is 0. The molecule has 0 aromatic carbocycles. The van der Waals surface area contributed by atoms with Gasteiger partial charge < -0.3 is 68.3 Å². The number of rotatable bonds is 34. The van der Waals surface area contributed by atoms with Gasteiger partial charge in [0, 0.05) is 27.3 Å². The minimum absolute atomic E-state index is 0.0319. The average molecular weight is 922 g/mol. The maximum atomic E-state index is 13.7. The maximum absolute atomic E-state index is 13.7. The molecule has 64 heavy (non-hydrogen) atoms. The lowest BCUT2D eigenvalue weighted by molar-refractivity contribution is -0.143. The summed E-state index contributed by atoms with van der Waals surface area (Å²) >= 11 is 0. The third-order valence-electron chi connectivity index (χ3n) is 9.84. The Kier molecular flexibility index (Phi) is 40.0. The molecule has 0 aromatic rings. The molecule has 0 heterocycles. The summed E-state index contributed by atoms with van der Waals surface area (Å²) in [5.74, 6) is -7.08. The van der Waals surface area contributed by atoms with Crippen LogP contribution in [0.1, 0.15) is 157 Å². The number of likely N-dealkylation sites (N-methyl/N-ethyl adjacent to an activating group) is 1. The minimum Gasteiger partial charge on any atom is -0.481 e. The zero-order valence-electron chi connectivity index (χ0n) is 39.1. The van der Waals surface area contributed by atoms with Crippen molar-refractivity contribution in [2.24, 2.45) is 11.5 Å². The van der Waals surface area contributed by atoms with Crippen LogP contribution >= 0.6 is 0 Å². The number of carboxylic acid groups (broad SMARTS) is 3. The highest BCUT2D eigenvalue weighted by molar-refractivity contribution is 5.96. The molecule has 14 N–H and O–H groups in total. The summed E-state index contributed by atoms with van der Waals surface area (Å²) in [7, 11) is 1.53. The molecule has 0 spiro atoms. The van der Waals surface area contributed by atoms with Crippen LogP contribution in [-0.4, -0.2) is 152 Å². The van der Waals surface area contributed by atoms with Gasteiger partial charge in [-0.1, -0.05) is 84.0 Å². The van der Waals surface area contributed by atoms with Gasteiger partial charge in [0.25, 0.3) is 11.9 Å². The summed E-state index contributed by atoms with van der Waals surface area (Å²) in [5, 5.41) is 63.6. The molecule has 21 nitrogen and oxygen atoms in total. The molecule has 0 bridgehead atoms. The molecule has 0 saturated carbocycles. The Hall–Kier alpha value is -4.44. The fourth-order valence-corrected chi connectivity index (χ4v) is 6.24. The summed E-state index contributed by atoms with van der Waals surface area (Å²) in [6.07, 6.45) is 14.0. The smallest absolute Gasteiger partial charge is 0.328 e. The van der Waals surface area contributed by atoms with Gasteiger partial charge in [-0.2, -0.15) is 0 Å². The largest absolute Gasteiger partial charge is 0.481 e. The monoisotopic (exact) mass is 922 g/mol. The Bertz CT molecular complexity index is 1320. The Morgan fingerprint density at radius 3 is 1.31 bits per heavy atom. The molecule has 0 fully saturated rings. The van der Waals surface area contributed by atoms with Crippen LogP contribution < -0.4 is 32.7 Å². The van der Waals surface area contributed by atoms with Gasteiger partial charge in [-0.3, -0.25) is 33.6 Å². The number of carbonyl (C=O) groups is 8. The van der Waals surface area contributed by atoms with Gasteiger partial charge in [-0.05, 0) is 65.5 Å². The van der Waals surface area contributed by atoms with Crippen LogP contribution in [0.25, 0.3) is 0 Å². The van der Waals surface area contributed by atoms with Gasteiger partial charge in [0.2, 0.25) is 29.5 Å². The van der Waals surface area contributed by atoms with Crippen LogP contribution in [0.4, 0.5) is 0 Å². The lowest BCUT2D eigenvalue weighted by Gasteiger charge is -2.31. The number of aliphatic carboxylic acids is 3. The van der Waals surface area contributed by atoms with E-state index in [-0.39, 0.29) is 38.1 Å². The summed E-state index contributed by atoms with van der Waals surface area (Å²) in [6.45, 7) is 6.44. The van der Waals surface area contributed by atoms with Gasteiger partial charge in [0.05, 0.1) is 18.8 Å². The molecule has 7 atom stereocenters. The standard InChI is InChI=1S/C39H75N7O10.2C2H4O2/c1-5-6-7-8-9-10-11-12-13-14-15-16-17-23-32(50)46(4)31(22-18-19-24-40)36(52)44-34(28(3)49)38(54)45-33(27(2)48)37(53)42-29(21-20-25-41)35(51)43-30(26-47)39(55)56;2*1-2(3)4/h27-31,33-34,47-49H,5-26,40-41H2,1-4H3,(H,42,53)(H,43,51)(H,44,52)(H,45,54)(H,55,56);2*1H3,(H,3,4)/t27-,28-,29+,30+,31+,33+,34+;;/m1../s1. The third-order valence-corrected chi connectivity index (χ3v) is 9.84. The number of nitrogens with zero attached hydrogens (tertiary/aromatic N) is 1. The number of amides is 5. The van der Waals surface area contributed by atoms with Crippen LogP contribution in [0.3, 0.4) is 0 Å². The molecular formula is C43H83N7O14. The highest BCUT2D eigenvalue weighted by Crippen LogP contribution is 2.15. The highest BCUT2D eigenvalue weighted by atomic mass is 16.4. The Morgan fingerprint density at radius 1 is 0.531 bits per heavy atom. The van der Waals surface area contributed by atoms with Crippen LogP contribution in [0.5, 0.6) is 0 Å². The SMILES string of the molecule is CC(=O)O.CC(=O)O.CCCCCCCCCCCCCCCC(=O)N(C)[C@@H](CCCCN)C(=O)N[C@H](C(=O)N[C@H](C(=O)N[C@@H](CCCN)C(=O)N[C@@H](CO)C(=O)O)[C@@H](C)O)[C@@H](C)O. The fraction of sp³-hybridized carbons (Fsp3) is 0.814. The molecule has 0 aliphatic heterocycles. The molecule has 0 aromatic heterocycles. The number of carboxylic acids is 3. The van der Waals surface area contributed by atoms with Crippen LogP contribution in [0.15, 0.2) is 0 Å². The highest BCUT2D eigenvalue weighted by Gasteiger charge is 2.36. The lowest BCUT2D eigenvalue weighted by Crippen LogP contribution is -2.62. The molecule has 5 amide bonds. The number of unbranched alkanes of at least 4 members (excludes halogenated alkanes) is 13. The predicted molar refractivity (Wildman–Crippen MR) is 240 cm³/mol. The molecule has 0 aliphatic rings. The maximum Gasteiger partial charge on any atom is 0.328 e. The molecule has 0 aliphatic carbocycles. The molecule has 0 saturated heterocycles. The molecule has 0 rings (SSSR count). The number of carbonyl (C=O) groups excluding carboxylic acids is 5. The Balaban J connectivity index is -0.00000425. The van der Waals surface area contributed by atoms with E-state index in [2.05, 4.69) is 28.2 Å². The second kappa shape index (κ2) is 40.1. The van der Waals surface area contributed by atoms with Gasteiger partial charge in [-0.25, -0.2) is 4.79 Å². The number of hydrogen-bond donors (Lipinski definition) is 12. The van der Waals surface area contributed by atoms with Crippen molar-refractivity contribution in [2.45, 2.75) is 199 Å². The van der Waals surface area contributed by atoms with E-state index in [0.717, 1.165) is 33.1 Å². The first-order valence-corrected chi connectivity index (χ1v) is 22.6. The zero-order valence-corrected chi connectivity index (χ0v) is 39.1. The molecular weight excluding hydrogens is 839 g/mol. The van der Waals surface area contributed by atoms with Crippen molar-refractivity contribution in [3.8, 4) is 0 Å². The van der Waals surface area contributed by atoms with Crippen molar-refractivity contribution in [1.29, 1.82) is 0 Å². The van der Waals surface area contributed by atoms with Crippen molar-refractivity contribution < 1.29 is 69.0 Å². The van der Waals surface area contributed by atoms with Gasteiger partial charge in [0.15, 0.2) is 0 Å². The topological polar surface area (TPSA) is 361 Å². The van der Waals surface area contributed by atoms with Crippen molar-refractivity contribution in [3.63, 3.8) is 0 Å². The third kappa shape index (κ3) is 34.0. The van der Waals surface area contributed by atoms with E-state index in [0.29, 0.717) is 25.8 Å². The van der Waals surface area contributed by atoms with Crippen LogP contribution in [-0.2, 0) is 38.4 Å². The predicted octanol–water partition coefficient (Wildman–Crippen LogP) is 1.12. The second-order valence-electron chi connectivity index (χ2n) is 15.9. The second-order valence-corrected chi connectivity index (χ2v) is 15.9. The van der Waals surface area contributed by atoms with E-state index in [1.165, 1.54) is 83.6 Å². The van der Waals surface area contributed by atoms with E-state index in [9.17, 15) is 49.2 Å². The molecule has 0 radical (unpaired) electrons. The van der Waals surface area contributed by atoms with Crippen molar-refractivity contribution in [2.75, 3.05) is 26.7 Å². The Morgan fingerprint density at radius 2 is 0.922 bits per heavy atom. The van der Waals surface area contributed by atoms with Crippen LogP contribution in [0, 0.1) is 0 Å². The normalized spacial score (nSPS) is 13.9. The van der Waals surface area contributed by atoms with E-state index in [1.54, 1.807) is 0 Å². The first-order valence-electron chi connectivity index (χ1n) is 22.6. The average Bonchev–Trinajstić information content (AvgIpc) is 3.21. The minimum atomic E-state index is -1.67. The molecule has 0 unspecified atom stereocenters. The molecule has 21 heteroatoms. The number of nitrogens with two attached hydrogens (primary N) is 2. The number of hydrogen-bond acceptors (Lipinski definition) is 13. The van der Waals surface area contributed by atoms with Gasteiger partial charge >= 0.3 is 5.97 Å². The quantitative estimate of drug-likeness (QED) is 0.0402. The first-order chi connectivity index (χ1) is 30.1. The molecule has 374 valence electrons. The zero-order chi connectivity index (χ0) is 49.6. The fourth-order valence-electron chi connectivity index (χ4n) is 6.24. The van der Waals surface area contributed by atoms with Crippen molar-refractivity contribution >= 4 is 47.4 Å². The summed E-state index contributed by atoms with van der Waals surface area (Å²) in [6, 6.07) is -7.24. The van der Waals surface area contributed by atoms with E-state index in [1.807, 2.05) is 0 Å². The number of aliphatic hydroxyl groups is 3. The lowest BCUT2D eigenvalue weighted by atomic mass is 10.0. The van der Waals surface area contributed by atoms with Crippen molar-refractivity contribution in [1.82, 2.24) is 26.2 Å². The van der Waals surface area contributed by atoms with E-state index < -0.39 is 90.6 Å². The number of aliphatic hydroxyl groups excluding tert-OH is 3.